The van der Waals surface area contributed by atoms with Crippen LogP contribution in [-0.2, 0) is 4.79 Å². The van der Waals surface area contributed by atoms with Crippen LogP contribution in [0.1, 0.15) is 43.7 Å². The van der Waals surface area contributed by atoms with E-state index in [1.165, 1.54) is 0 Å². The molecule has 0 heterocycles. The Kier molecular flexibility index (Phi) is 5.23. The molecule has 0 aliphatic rings. The Morgan fingerprint density at radius 3 is 2.11 bits per heavy atom. The van der Waals surface area contributed by atoms with E-state index in [1.54, 1.807) is 27.2 Å². The van der Waals surface area contributed by atoms with Crippen molar-refractivity contribution >= 4 is 21.9 Å². The molecule has 1 unspecified atom stereocenters. The number of halogens is 1. The van der Waals surface area contributed by atoms with Gasteiger partial charge in [-0.3, -0.25) is 4.79 Å². The Balaban J connectivity index is 3.64. The van der Waals surface area contributed by atoms with Gasteiger partial charge in [-0.15, -0.1) is 0 Å². The molecule has 1 atom stereocenters. The van der Waals surface area contributed by atoms with E-state index in [9.17, 15) is 9.90 Å². The van der Waals surface area contributed by atoms with E-state index < -0.39 is 11.9 Å². The first-order valence-electron chi connectivity index (χ1n) is 6.02. The van der Waals surface area contributed by atoms with Gasteiger partial charge in [-0.05, 0) is 40.4 Å². The minimum Gasteiger partial charge on any atom is -0.493 e. The summed E-state index contributed by atoms with van der Waals surface area (Å²) < 4.78 is 11.5. The lowest BCUT2D eigenvalue weighted by molar-refractivity contribution is -0.138. The highest BCUT2D eigenvalue weighted by atomic mass is 79.9. The molecule has 1 N–H and O–H groups in total. The quantitative estimate of drug-likeness (QED) is 0.892. The summed E-state index contributed by atoms with van der Waals surface area (Å²) in [6, 6.07) is 1.80. The molecule has 1 aromatic carbocycles. The highest BCUT2D eigenvalue weighted by molar-refractivity contribution is 9.10. The predicted molar refractivity (Wildman–Crippen MR) is 77.4 cm³/mol. The molecule has 1 rings (SSSR count). The van der Waals surface area contributed by atoms with Crippen molar-refractivity contribution in [3.63, 3.8) is 0 Å². The monoisotopic (exact) mass is 330 g/mol. The number of carboxylic acid groups (broad SMARTS) is 1. The molecule has 5 heteroatoms. The van der Waals surface area contributed by atoms with Gasteiger partial charge >= 0.3 is 5.97 Å². The van der Waals surface area contributed by atoms with Crippen molar-refractivity contribution in [2.24, 2.45) is 0 Å². The summed E-state index contributed by atoms with van der Waals surface area (Å²) in [5.41, 5.74) is 1.62. The predicted octanol–water partition coefficient (Wildman–Crippen LogP) is 3.78. The summed E-state index contributed by atoms with van der Waals surface area (Å²) in [6.45, 7) is 5.68. The summed E-state index contributed by atoms with van der Waals surface area (Å²) in [6.07, 6.45) is 0. The Morgan fingerprint density at radius 1 is 1.21 bits per heavy atom. The Hall–Kier alpha value is -1.23. The molecule has 0 amide bonds. The van der Waals surface area contributed by atoms with Gasteiger partial charge in [0.15, 0.2) is 11.5 Å². The number of rotatable bonds is 5. The van der Waals surface area contributed by atoms with E-state index in [4.69, 9.17) is 9.47 Å². The van der Waals surface area contributed by atoms with Crippen molar-refractivity contribution in [2.45, 2.75) is 32.6 Å². The van der Waals surface area contributed by atoms with E-state index in [-0.39, 0.29) is 5.92 Å². The number of benzene rings is 1. The highest BCUT2D eigenvalue weighted by Crippen LogP contribution is 2.45. The van der Waals surface area contributed by atoms with Gasteiger partial charge in [-0.1, -0.05) is 13.8 Å². The number of aliphatic carboxylic acids is 1. The SMILES string of the molecule is COc1c(Br)cc(C(C)C(=O)O)c(C(C)C)c1OC. The average molecular weight is 331 g/mol. The van der Waals surface area contributed by atoms with Gasteiger partial charge in [0, 0.05) is 5.56 Å². The van der Waals surface area contributed by atoms with E-state index >= 15 is 0 Å². The first kappa shape index (κ1) is 15.8. The summed E-state index contributed by atoms with van der Waals surface area (Å²) >= 11 is 3.40. The first-order valence-corrected chi connectivity index (χ1v) is 6.81. The molecule has 0 bridgehead atoms. The maximum atomic E-state index is 11.3. The molecule has 1 aromatic rings. The second-order valence-corrected chi connectivity index (χ2v) is 5.50. The molecule has 106 valence electrons. The van der Waals surface area contributed by atoms with Crippen molar-refractivity contribution in [3.05, 3.63) is 21.7 Å². The standard InChI is InChI=1S/C14H19BrO4/c1-7(2)11-9(8(3)14(16)17)6-10(15)12(18-4)13(11)19-5/h6-8H,1-5H3,(H,16,17). The van der Waals surface area contributed by atoms with Crippen LogP contribution in [-0.4, -0.2) is 25.3 Å². The summed E-state index contributed by atoms with van der Waals surface area (Å²) in [4.78, 5) is 11.3. The zero-order valence-electron chi connectivity index (χ0n) is 11.8. The third kappa shape index (κ3) is 3.03. The van der Waals surface area contributed by atoms with Crippen LogP contribution in [0.25, 0.3) is 0 Å². The minimum atomic E-state index is -0.860. The lowest BCUT2D eigenvalue weighted by Gasteiger charge is -2.22. The van der Waals surface area contributed by atoms with E-state index in [1.807, 2.05) is 13.8 Å². The Labute approximate surface area is 121 Å². The van der Waals surface area contributed by atoms with Crippen LogP contribution >= 0.6 is 15.9 Å². The Bertz CT molecular complexity index is 483. The average Bonchev–Trinajstić information content (AvgIpc) is 2.35. The maximum Gasteiger partial charge on any atom is 0.310 e. The third-order valence-electron chi connectivity index (χ3n) is 3.08. The molecule has 0 saturated carbocycles. The second-order valence-electron chi connectivity index (χ2n) is 4.64. The van der Waals surface area contributed by atoms with Crippen molar-refractivity contribution < 1.29 is 19.4 Å². The normalized spacial score (nSPS) is 12.4. The van der Waals surface area contributed by atoms with Gasteiger partial charge in [0.05, 0.1) is 24.6 Å². The molecular formula is C14H19BrO4. The molecule has 0 aromatic heterocycles. The van der Waals surface area contributed by atoms with Crippen molar-refractivity contribution in [1.29, 1.82) is 0 Å². The molecule has 0 radical (unpaired) electrons. The lowest BCUT2D eigenvalue weighted by atomic mass is 9.88. The van der Waals surface area contributed by atoms with Gasteiger partial charge in [0.2, 0.25) is 0 Å². The number of hydrogen-bond donors (Lipinski definition) is 1. The van der Waals surface area contributed by atoms with Crippen LogP contribution in [0.5, 0.6) is 11.5 Å². The Morgan fingerprint density at radius 2 is 1.74 bits per heavy atom. The first-order chi connectivity index (χ1) is 8.84. The fourth-order valence-corrected chi connectivity index (χ4v) is 2.71. The lowest BCUT2D eigenvalue weighted by Crippen LogP contribution is -2.12. The zero-order chi connectivity index (χ0) is 14.7. The van der Waals surface area contributed by atoms with Gasteiger partial charge < -0.3 is 14.6 Å². The third-order valence-corrected chi connectivity index (χ3v) is 3.67. The van der Waals surface area contributed by atoms with Crippen LogP contribution in [0.15, 0.2) is 10.5 Å². The van der Waals surface area contributed by atoms with E-state index in [0.29, 0.717) is 16.0 Å². The number of methoxy groups -OCH3 is 2. The van der Waals surface area contributed by atoms with E-state index in [0.717, 1.165) is 11.1 Å². The molecule has 0 fully saturated rings. The zero-order valence-corrected chi connectivity index (χ0v) is 13.4. The van der Waals surface area contributed by atoms with Crippen LogP contribution in [0, 0.1) is 0 Å². The van der Waals surface area contributed by atoms with Crippen molar-refractivity contribution in [3.8, 4) is 11.5 Å². The number of carboxylic acids is 1. The van der Waals surface area contributed by atoms with Crippen LogP contribution in [0.2, 0.25) is 0 Å². The minimum absolute atomic E-state index is 0.133. The maximum absolute atomic E-state index is 11.3. The highest BCUT2D eigenvalue weighted by Gasteiger charge is 2.26. The second kappa shape index (κ2) is 6.28. The van der Waals surface area contributed by atoms with Crippen LogP contribution in [0.3, 0.4) is 0 Å². The van der Waals surface area contributed by atoms with Crippen molar-refractivity contribution in [2.75, 3.05) is 14.2 Å². The van der Waals surface area contributed by atoms with E-state index in [2.05, 4.69) is 15.9 Å². The summed E-state index contributed by atoms with van der Waals surface area (Å²) in [5, 5.41) is 9.24. The van der Waals surface area contributed by atoms with Crippen LogP contribution in [0.4, 0.5) is 0 Å². The summed E-state index contributed by atoms with van der Waals surface area (Å²) in [5.74, 6) is -0.147. The fourth-order valence-electron chi connectivity index (χ4n) is 2.12. The van der Waals surface area contributed by atoms with Gasteiger partial charge in [-0.25, -0.2) is 0 Å². The van der Waals surface area contributed by atoms with Crippen LogP contribution < -0.4 is 9.47 Å². The van der Waals surface area contributed by atoms with Gasteiger partial charge in [-0.2, -0.15) is 0 Å². The molecular weight excluding hydrogens is 312 g/mol. The smallest absolute Gasteiger partial charge is 0.310 e. The molecule has 0 aliphatic heterocycles. The number of carbonyl (C=O) groups is 1. The van der Waals surface area contributed by atoms with Crippen molar-refractivity contribution in [1.82, 2.24) is 0 Å². The fraction of sp³-hybridized carbons (Fsp3) is 0.500. The largest absolute Gasteiger partial charge is 0.493 e. The number of ether oxygens (including phenoxy) is 2. The molecule has 0 aliphatic carbocycles. The van der Waals surface area contributed by atoms with Gasteiger partial charge in [0.1, 0.15) is 0 Å². The molecule has 0 spiro atoms. The molecule has 0 saturated heterocycles. The topological polar surface area (TPSA) is 55.8 Å². The van der Waals surface area contributed by atoms with Gasteiger partial charge in [0.25, 0.3) is 0 Å². The molecule has 4 nitrogen and oxygen atoms in total. The number of hydrogen-bond acceptors (Lipinski definition) is 3. The summed E-state index contributed by atoms with van der Waals surface area (Å²) in [7, 11) is 3.12. The molecule has 19 heavy (non-hydrogen) atoms.